The Labute approximate surface area is 195 Å². The maximum atomic E-state index is 6.44. The van der Waals surface area contributed by atoms with Crippen LogP contribution < -0.4 is 0 Å². The summed E-state index contributed by atoms with van der Waals surface area (Å²) in [6, 6.07) is 36.8. The molecule has 0 aliphatic carbocycles. The van der Waals surface area contributed by atoms with Gasteiger partial charge in [-0.3, -0.25) is 0 Å². The van der Waals surface area contributed by atoms with E-state index in [0.717, 1.165) is 33.1 Å². The van der Waals surface area contributed by atoms with Crippen molar-refractivity contribution in [3.63, 3.8) is 0 Å². The molecule has 5 aromatic carbocycles. The van der Waals surface area contributed by atoms with Crippen LogP contribution in [-0.4, -0.2) is 9.13 Å². The lowest BCUT2D eigenvalue weighted by molar-refractivity contribution is 0.673. The summed E-state index contributed by atoms with van der Waals surface area (Å²) in [5, 5.41) is 7.25. The maximum absolute atomic E-state index is 6.44. The van der Waals surface area contributed by atoms with Crippen LogP contribution in [0.4, 0.5) is 0 Å². The summed E-state index contributed by atoms with van der Waals surface area (Å²) in [5.41, 5.74) is 7.88. The van der Waals surface area contributed by atoms with E-state index in [0.29, 0.717) is 0 Å². The summed E-state index contributed by atoms with van der Waals surface area (Å²) in [5.74, 6) is 0. The van der Waals surface area contributed by atoms with Crippen LogP contribution in [0.5, 0.6) is 0 Å². The molecule has 0 aliphatic heterocycles. The third-order valence-corrected chi connectivity index (χ3v) is 7.34. The highest BCUT2D eigenvalue weighted by atomic mass is 16.3. The molecule has 8 aromatic rings. The van der Waals surface area contributed by atoms with Crippen molar-refractivity contribution in [2.75, 3.05) is 0 Å². The minimum Gasteiger partial charge on any atom is -0.455 e. The lowest BCUT2D eigenvalue weighted by Crippen LogP contribution is -1.94. The van der Waals surface area contributed by atoms with Crippen molar-refractivity contribution in [3.8, 4) is 5.69 Å². The maximum Gasteiger partial charge on any atom is 0.145 e. The molecule has 3 heteroatoms. The van der Waals surface area contributed by atoms with Crippen LogP contribution in [0, 0.1) is 0 Å². The highest BCUT2D eigenvalue weighted by Gasteiger charge is 2.19. The van der Waals surface area contributed by atoms with Crippen molar-refractivity contribution in [3.05, 3.63) is 103 Å². The Morgan fingerprint density at radius 3 is 2.09 bits per heavy atom. The zero-order valence-corrected chi connectivity index (χ0v) is 18.6. The smallest absolute Gasteiger partial charge is 0.145 e. The molecule has 0 saturated heterocycles. The van der Waals surface area contributed by atoms with Crippen LogP contribution >= 0.6 is 0 Å². The molecule has 0 amide bonds. The summed E-state index contributed by atoms with van der Waals surface area (Å²) in [6.07, 6.45) is 0. The fraction of sp³-hybridized carbons (Fsp3) is 0.0323. The molecule has 160 valence electrons. The Balaban J connectivity index is 1.53. The van der Waals surface area contributed by atoms with E-state index in [4.69, 9.17) is 4.42 Å². The van der Waals surface area contributed by atoms with E-state index >= 15 is 0 Å². The van der Waals surface area contributed by atoms with Crippen molar-refractivity contribution < 1.29 is 4.42 Å². The molecule has 0 saturated carbocycles. The molecule has 0 atom stereocenters. The van der Waals surface area contributed by atoms with Gasteiger partial charge in [0.15, 0.2) is 0 Å². The summed E-state index contributed by atoms with van der Waals surface area (Å²) in [4.78, 5) is 0. The van der Waals surface area contributed by atoms with Crippen LogP contribution in [0.1, 0.15) is 0 Å². The van der Waals surface area contributed by atoms with Crippen molar-refractivity contribution in [2.24, 2.45) is 7.05 Å². The lowest BCUT2D eigenvalue weighted by atomic mass is 10.1. The Kier molecular flexibility index (Phi) is 3.33. The predicted octanol–water partition coefficient (Wildman–Crippen LogP) is 8.33. The summed E-state index contributed by atoms with van der Waals surface area (Å²) < 4.78 is 11.1. The minimum absolute atomic E-state index is 0.930. The average Bonchev–Trinajstić information content (AvgIpc) is 3.52. The Hall–Kier alpha value is -4.50. The highest BCUT2D eigenvalue weighted by Crippen LogP contribution is 2.41. The van der Waals surface area contributed by atoms with Gasteiger partial charge in [-0.1, -0.05) is 54.6 Å². The first-order valence-electron chi connectivity index (χ1n) is 11.6. The average molecular weight is 437 g/mol. The molecule has 3 heterocycles. The SMILES string of the molecule is Cn1c2ccccc2c2cc(-n3c4ccccc4c4c5oc6ccccc6c5ccc43)ccc21. The van der Waals surface area contributed by atoms with Gasteiger partial charge in [0.2, 0.25) is 0 Å². The third-order valence-electron chi connectivity index (χ3n) is 7.34. The van der Waals surface area contributed by atoms with Gasteiger partial charge in [0.25, 0.3) is 0 Å². The minimum atomic E-state index is 0.930. The first-order valence-corrected chi connectivity index (χ1v) is 11.6. The number of aromatic nitrogens is 2. The van der Waals surface area contributed by atoms with Gasteiger partial charge in [-0.15, -0.1) is 0 Å². The predicted molar refractivity (Wildman–Crippen MR) is 142 cm³/mol. The number of hydrogen-bond acceptors (Lipinski definition) is 1. The number of furan rings is 1. The monoisotopic (exact) mass is 436 g/mol. The molecule has 0 aliphatic rings. The molecule has 0 fully saturated rings. The molecule has 8 rings (SSSR count). The number of rotatable bonds is 1. The standard InChI is InChI=1S/C31H20N2O/c1-32-25-11-5-2-8-20(25)24-18-19(14-16-26(24)32)33-27-12-6-3-10-23(27)30-28(33)17-15-22-21-9-4-7-13-29(21)34-31(22)30/h2-18H,1H3. The third kappa shape index (κ3) is 2.16. The summed E-state index contributed by atoms with van der Waals surface area (Å²) in [6.45, 7) is 0. The zero-order valence-electron chi connectivity index (χ0n) is 18.6. The molecule has 34 heavy (non-hydrogen) atoms. The first kappa shape index (κ1) is 18.0. The molecule has 0 bridgehead atoms. The fourth-order valence-corrected chi connectivity index (χ4v) is 5.81. The van der Waals surface area contributed by atoms with Crippen LogP contribution in [0.15, 0.2) is 108 Å². The van der Waals surface area contributed by atoms with E-state index in [-0.39, 0.29) is 0 Å². The van der Waals surface area contributed by atoms with Crippen LogP contribution in [0.3, 0.4) is 0 Å². The van der Waals surface area contributed by atoms with Gasteiger partial charge in [0.1, 0.15) is 11.2 Å². The topological polar surface area (TPSA) is 23.0 Å². The number of benzene rings is 5. The second-order valence-corrected chi connectivity index (χ2v) is 9.06. The van der Waals surface area contributed by atoms with Gasteiger partial charge >= 0.3 is 0 Å². The molecular weight excluding hydrogens is 416 g/mol. The van der Waals surface area contributed by atoms with E-state index in [2.05, 4.69) is 113 Å². The van der Waals surface area contributed by atoms with E-state index in [1.165, 1.54) is 38.1 Å². The number of para-hydroxylation sites is 3. The second-order valence-electron chi connectivity index (χ2n) is 9.06. The van der Waals surface area contributed by atoms with Gasteiger partial charge in [0.05, 0.1) is 16.4 Å². The molecule has 0 unspecified atom stereocenters. The number of nitrogens with zero attached hydrogens (tertiary/aromatic N) is 2. The Morgan fingerprint density at radius 1 is 0.529 bits per heavy atom. The molecule has 3 nitrogen and oxygen atoms in total. The number of aryl methyl sites for hydroxylation is 1. The van der Waals surface area contributed by atoms with Gasteiger partial charge < -0.3 is 13.6 Å². The quantitative estimate of drug-likeness (QED) is 0.254. The zero-order chi connectivity index (χ0) is 22.4. The number of fused-ring (bicyclic) bond motifs is 10. The van der Waals surface area contributed by atoms with Crippen molar-refractivity contribution in [2.45, 2.75) is 0 Å². The van der Waals surface area contributed by atoms with Gasteiger partial charge in [-0.25, -0.2) is 0 Å². The van der Waals surface area contributed by atoms with E-state index in [1.54, 1.807) is 0 Å². The largest absolute Gasteiger partial charge is 0.455 e. The van der Waals surface area contributed by atoms with E-state index in [1.807, 2.05) is 6.07 Å². The van der Waals surface area contributed by atoms with Crippen molar-refractivity contribution >= 4 is 65.6 Å². The fourth-order valence-electron chi connectivity index (χ4n) is 5.81. The van der Waals surface area contributed by atoms with Gasteiger partial charge in [-0.05, 0) is 48.5 Å². The van der Waals surface area contributed by atoms with Crippen molar-refractivity contribution in [1.82, 2.24) is 9.13 Å². The van der Waals surface area contributed by atoms with Gasteiger partial charge in [0, 0.05) is 50.7 Å². The summed E-state index contributed by atoms with van der Waals surface area (Å²) >= 11 is 0. The van der Waals surface area contributed by atoms with Crippen LogP contribution in [0.25, 0.3) is 71.2 Å². The van der Waals surface area contributed by atoms with E-state index < -0.39 is 0 Å². The second kappa shape index (κ2) is 6.30. The van der Waals surface area contributed by atoms with Crippen molar-refractivity contribution in [1.29, 1.82) is 0 Å². The molecule has 0 radical (unpaired) electrons. The molecular formula is C31H20N2O. The number of hydrogen-bond donors (Lipinski definition) is 0. The summed E-state index contributed by atoms with van der Waals surface area (Å²) in [7, 11) is 2.14. The first-order chi connectivity index (χ1) is 16.8. The normalized spacial score (nSPS) is 12.3. The highest BCUT2D eigenvalue weighted by molar-refractivity contribution is 6.24. The lowest BCUT2D eigenvalue weighted by Gasteiger charge is -2.09. The van der Waals surface area contributed by atoms with Crippen LogP contribution in [-0.2, 0) is 7.05 Å². The molecule has 0 spiro atoms. The van der Waals surface area contributed by atoms with Gasteiger partial charge in [-0.2, -0.15) is 0 Å². The molecule has 0 N–H and O–H groups in total. The Morgan fingerprint density at radius 2 is 1.21 bits per heavy atom. The van der Waals surface area contributed by atoms with Crippen LogP contribution in [0.2, 0.25) is 0 Å². The Bertz CT molecular complexity index is 2080. The molecule has 3 aromatic heterocycles. The van der Waals surface area contributed by atoms with E-state index in [9.17, 15) is 0 Å².